The molecule has 0 aliphatic rings. The van der Waals surface area contributed by atoms with E-state index in [0.29, 0.717) is 5.56 Å². The van der Waals surface area contributed by atoms with Gasteiger partial charge in [0.25, 0.3) is 0 Å². The van der Waals surface area contributed by atoms with Crippen molar-refractivity contribution in [2.45, 2.75) is 21.8 Å². The van der Waals surface area contributed by atoms with E-state index in [0.717, 1.165) is 16.7 Å². The predicted molar refractivity (Wildman–Crippen MR) is 77.0 cm³/mol. The zero-order valence-electron chi connectivity index (χ0n) is 8.97. The van der Waals surface area contributed by atoms with Gasteiger partial charge in [-0.15, -0.1) is 0 Å². The fourth-order valence-electron chi connectivity index (χ4n) is 1.70. The first-order valence-electron chi connectivity index (χ1n) is 5.08. The van der Waals surface area contributed by atoms with E-state index >= 15 is 0 Å². The highest BCUT2D eigenvalue weighted by Gasteiger charge is 2.11. The van der Waals surface area contributed by atoms with E-state index in [2.05, 4.69) is 0 Å². The fourth-order valence-corrected chi connectivity index (χ4v) is 1.70. The van der Waals surface area contributed by atoms with Gasteiger partial charge >= 0.3 is 5.97 Å². The zero-order chi connectivity index (χ0) is 11.5. The fraction of sp³-hybridized carbons (Fsp3) is 0.188. The summed E-state index contributed by atoms with van der Waals surface area (Å²) in [5.41, 5.74) is 3.00. The Bertz CT molecular complexity index is 516. The molecule has 0 aromatic heterocycles. The van der Waals surface area contributed by atoms with Gasteiger partial charge in [0.15, 0.2) is 0 Å². The first kappa shape index (κ1) is 15.9. The number of benzene rings is 2. The zero-order valence-corrected chi connectivity index (χ0v) is 8.97. The number of carboxylic acid groups (broad SMARTS) is 1. The second-order valence-corrected chi connectivity index (χ2v) is 3.72. The molecule has 0 atom stereocenters. The normalized spacial score (nSPS) is 8.94. The van der Waals surface area contributed by atoms with Crippen LogP contribution in [0.5, 0.6) is 0 Å². The van der Waals surface area contributed by atoms with Crippen molar-refractivity contribution in [2.24, 2.45) is 0 Å². The lowest BCUT2D eigenvalue weighted by Crippen LogP contribution is -1.99. The summed E-state index contributed by atoms with van der Waals surface area (Å²) >= 11 is 0. The van der Waals surface area contributed by atoms with E-state index in [1.165, 1.54) is 0 Å². The lowest BCUT2D eigenvalue weighted by Gasteiger charge is -2.07. The van der Waals surface area contributed by atoms with Crippen molar-refractivity contribution in [3.8, 4) is 11.1 Å². The van der Waals surface area contributed by atoms with E-state index in [1.807, 2.05) is 49.4 Å². The Morgan fingerprint density at radius 1 is 1.00 bits per heavy atom. The topological polar surface area (TPSA) is 37.3 Å². The Morgan fingerprint density at radius 2 is 1.61 bits per heavy atom. The lowest BCUT2D eigenvalue weighted by atomic mass is 9.98. The summed E-state index contributed by atoms with van der Waals surface area (Å²) in [4.78, 5) is 11.1. The van der Waals surface area contributed by atoms with Gasteiger partial charge < -0.3 is 5.11 Å². The van der Waals surface area contributed by atoms with Gasteiger partial charge in [0.2, 0.25) is 0 Å². The van der Waals surface area contributed by atoms with Crippen molar-refractivity contribution in [3.63, 3.8) is 0 Å². The molecule has 0 saturated carbocycles. The number of hydrogen-bond acceptors (Lipinski definition) is 1. The molecule has 2 rings (SSSR count). The summed E-state index contributed by atoms with van der Waals surface area (Å²) in [6.45, 7) is 1.89. The highest BCUT2D eigenvalue weighted by atomic mass is 16.4. The maximum Gasteiger partial charge on any atom is 0.336 e. The van der Waals surface area contributed by atoms with E-state index < -0.39 is 5.97 Å². The van der Waals surface area contributed by atoms with Crippen LogP contribution in [0.25, 0.3) is 11.1 Å². The minimum absolute atomic E-state index is 0. The van der Waals surface area contributed by atoms with Gasteiger partial charge in [0.1, 0.15) is 0 Å². The molecular weight excluding hydrogens is 224 g/mol. The van der Waals surface area contributed by atoms with Gasteiger partial charge in [0.05, 0.1) is 5.56 Å². The van der Waals surface area contributed by atoms with Gasteiger partial charge in [-0.25, -0.2) is 4.79 Å². The van der Waals surface area contributed by atoms with Crippen LogP contribution in [-0.4, -0.2) is 11.1 Å². The molecule has 2 aromatic rings. The van der Waals surface area contributed by atoms with Gasteiger partial charge in [-0.2, -0.15) is 0 Å². The Hall–Kier alpha value is -2.09. The minimum Gasteiger partial charge on any atom is -0.478 e. The number of rotatable bonds is 2. The highest BCUT2D eigenvalue weighted by molar-refractivity contribution is 5.96. The molecule has 1 N–H and O–H groups in total. The molecule has 2 nitrogen and oxygen atoms in total. The molecule has 0 amide bonds. The van der Waals surface area contributed by atoms with Crippen LogP contribution >= 0.6 is 0 Å². The Labute approximate surface area is 109 Å². The molecule has 0 bridgehead atoms. The molecule has 0 unspecified atom stereocenters. The van der Waals surface area contributed by atoms with Crippen molar-refractivity contribution < 1.29 is 9.90 Å². The number of carbonyl (C=O) groups is 1. The van der Waals surface area contributed by atoms with Crippen molar-refractivity contribution in [1.82, 2.24) is 0 Å². The van der Waals surface area contributed by atoms with Crippen LogP contribution in [0.4, 0.5) is 0 Å². The van der Waals surface area contributed by atoms with Gasteiger partial charge in [-0.1, -0.05) is 62.9 Å². The van der Waals surface area contributed by atoms with Crippen molar-refractivity contribution in [3.05, 3.63) is 59.7 Å². The summed E-state index contributed by atoms with van der Waals surface area (Å²) < 4.78 is 0. The molecule has 0 spiro atoms. The summed E-state index contributed by atoms with van der Waals surface area (Å²) in [5, 5.41) is 9.15. The van der Waals surface area contributed by atoms with Crippen LogP contribution in [0.1, 0.15) is 30.8 Å². The number of aromatic carboxylic acids is 1. The van der Waals surface area contributed by atoms with Crippen LogP contribution in [0.15, 0.2) is 48.5 Å². The first-order valence-corrected chi connectivity index (χ1v) is 5.08. The quantitative estimate of drug-likeness (QED) is 0.836. The molecule has 2 aromatic carbocycles. The molecular formula is C16H20O2. The number of aryl methyl sites for hydroxylation is 1. The van der Waals surface area contributed by atoms with Gasteiger partial charge in [-0.05, 0) is 24.1 Å². The molecule has 0 saturated heterocycles. The van der Waals surface area contributed by atoms with E-state index in [4.69, 9.17) is 5.11 Å². The Balaban J connectivity index is 0.00000144. The van der Waals surface area contributed by atoms with Crippen molar-refractivity contribution in [1.29, 1.82) is 0 Å². The monoisotopic (exact) mass is 244 g/mol. The smallest absolute Gasteiger partial charge is 0.336 e. The number of carboxylic acids is 1. The van der Waals surface area contributed by atoms with E-state index in [1.54, 1.807) is 6.07 Å². The Kier molecular flexibility index (Phi) is 5.83. The average molecular weight is 244 g/mol. The predicted octanol–water partition coefficient (Wildman–Crippen LogP) is 4.63. The molecule has 0 aliphatic carbocycles. The largest absolute Gasteiger partial charge is 0.478 e. The Morgan fingerprint density at radius 3 is 2.17 bits per heavy atom. The standard InChI is InChI=1S/C14H12O2.2CH4/c1-10-7-8-12(13(9-10)14(15)16)11-5-3-2-4-6-11;;/h2-9H,1H3,(H,15,16);2*1H4. The third-order valence-corrected chi connectivity index (χ3v) is 2.49. The van der Waals surface area contributed by atoms with Crippen LogP contribution in [0, 0.1) is 6.92 Å². The van der Waals surface area contributed by atoms with Gasteiger partial charge in [-0.3, -0.25) is 0 Å². The van der Waals surface area contributed by atoms with Crippen LogP contribution < -0.4 is 0 Å². The average Bonchev–Trinajstić information content (AvgIpc) is 2.30. The molecule has 0 heterocycles. The summed E-state index contributed by atoms with van der Waals surface area (Å²) in [6.07, 6.45) is 0. The van der Waals surface area contributed by atoms with E-state index in [-0.39, 0.29) is 14.9 Å². The van der Waals surface area contributed by atoms with Crippen LogP contribution in [-0.2, 0) is 0 Å². The van der Waals surface area contributed by atoms with Gasteiger partial charge in [0, 0.05) is 0 Å². The highest BCUT2D eigenvalue weighted by Crippen LogP contribution is 2.24. The lowest BCUT2D eigenvalue weighted by molar-refractivity contribution is 0.0697. The summed E-state index contributed by atoms with van der Waals surface area (Å²) in [7, 11) is 0. The van der Waals surface area contributed by atoms with E-state index in [9.17, 15) is 4.79 Å². The SMILES string of the molecule is C.C.Cc1ccc(-c2ccccc2)c(C(=O)O)c1. The second-order valence-electron chi connectivity index (χ2n) is 3.72. The number of hydrogen-bond donors (Lipinski definition) is 1. The maximum absolute atomic E-state index is 11.1. The molecule has 96 valence electrons. The van der Waals surface area contributed by atoms with Crippen molar-refractivity contribution >= 4 is 5.97 Å². The minimum atomic E-state index is -0.887. The molecule has 0 fully saturated rings. The summed E-state index contributed by atoms with van der Waals surface area (Å²) in [6, 6.07) is 15.0. The molecule has 18 heavy (non-hydrogen) atoms. The third-order valence-electron chi connectivity index (χ3n) is 2.49. The van der Waals surface area contributed by atoms with Crippen LogP contribution in [0.3, 0.4) is 0 Å². The first-order chi connectivity index (χ1) is 7.68. The van der Waals surface area contributed by atoms with Crippen molar-refractivity contribution in [2.75, 3.05) is 0 Å². The molecule has 0 aliphatic heterocycles. The summed E-state index contributed by atoms with van der Waals surface area (Å²) in [5.74, 6) is -0.887. The second kappa shape index (κ2) is 6.60. The third kappa shape index (κ3) is 3.20. The molecule has 0 radical (unpaired) electrons. The molecule has 2 heteroatoms. The maximum atomic E-state index is 11.1. The van der Waals surface area contributed by atoms with Crippen LogP contribution in [0.2, 0.25) is 0 Å².